The fourth-order valence-corrected chi connectivity index (χ4v) is 4.21. The van der Waals surface area contributed by atoms with Gasteiger partial charge < -0.3 is 19.8 Å². The van der Waals surface area contributed by atoms with Crippen LogP contribution in [0.2, 0.25) is 0 Å². The smallest absolute Gasteiger partial charge is 0.329 e. The second kappa shape index (κ2) is 9.20. The average molecular weight is 463 g/mol. The number of ether oxygens (including phenoxy) is 1. The lowest BCUT2D eigenvalue weighted by atomic mass is 10.1. The Labute approximate surface area is 196 Å². The van der Waals surface area contributed by atoms with Gasteiger partial charge in [-0.2, -0.15) is 4.98 Å². The molecule has 2 bridgehead atoms. The van der Waals surface area contributed by atoms with Gasteiger partial charge in [-0.15, -0.1) is 0 Å². The van der Waals surface area contributed by atoms with Gasteiger partial charge in [0.25, 0.3) is 0 Å². The summed E-state index contributed by atoms with van der Waals surface area (Å²) >= 11 is 0. The van der Waals surface area contributed by atoms with Crippen LogP contribution >= 0.6 is 0 Å². The van der Waals surface area contributed by atoms with Crippen LogP contribution in [-0.4, -0.2) is 74.6 Å². The third kappa shape index (κ3) is 4.35. The number of aliphatic hydroxyl groups is 2. The first-order valence-corrected chi connectivity index (χ1v) is 11.1. The zero-order chi connectivity index (χ0) is 23.7. The summed E-state index contributed by atoms with van der Waals surface area (Å²) in [4.78, 5) is 34.7. The molecule has 2 atom stereocenters. The standard InChI is InChI=1S/C23H25N7O4/c1-14-10-15(4-7-24-14)18-2-3-19-21(26-18)30(16-6-9-29(19)11-16)23(33)28-20-5-8-25-22(27-20)34-13-17(32)12-31/h2-5,7-8,10,16-17,31-32H,6,9,11-13H2,1H3,(H,25,27,28,33)/t16-,17-/m0/s1. The second-order valence-electron chi connectivity index (χ2n) is 8.29. The number of nitrogens with zero attached hydrogens (tertiary/aromatic N) is 6. The first kappa shape index (κ1) is 22.0. The third-order valence-electron chi connectivity index (χ3n) is 5.85. The number of aromatic nitrogens is 4. The monoisotopic (exact) mass is 463 g/mol. The molecular formula is C23H25N7O4. The molecule has 3 aromatic rings. The van der Waals surface area contributed by atoms with E-state index in [1.165, 1.54) is 6.20 Å². The van der Waals surface area contributed by atoms with Crippen molar-refractivity contribution in [3.05, 3.63) is 48.4 Å². The van der Waals surface area contributed by atoms with Gasteiger partial charge in [-0.1, -0.05) is 0 Å². The van der Waals surface area contributed by atoms with Crippen LogP contribution in [0.15, 0.2) is 42.7 Å². The van der Waals surface area contributed by atoms with Crippen molar-refractivity contribution >= 4 is 23.4 Å². The summed E-state index contributed by atoms with van der Waals surface area (Å²) in [7, 11) is 0. The Kier molecular flexibility index (Phi) is 5.95. The molecule has 2 amide bonds. The predicted octanol–water partition coefficient (Wildman–Crippen LogP) is 1.60. The van der Waals surface area contributed by atoms with Gasteiger partial charge in [-0.3, -0.25) is 15.2 Å². The van der Waals surface area contributed by atoms with Gasteiger partial charge in [0, 0.05) is 36.7 Å². The van der Waals surface area contributed by atoms with Crippen molar-refractivity contribution in [3.63, 3.8) is 0 Å². The quantitative estimate of drug-likeness (QED) is 0.498. The van der Waals surface area contributed by atoms with Gasteiger partial charge in [0.15, 0.2) is 5.82 Å². The van der Waals surface area contributed by atoms with Gasteiger partial charge in [0.2, 0.25) is 0 Å². The van der Waals surface area contributed by atoms with E-state index < -0.39 is 12.7 Å². The van der Waals surface area contributed by atoms with Crippen molar-refractivity contribution in [2.45, 2.75) is 25.5 Å². The van der Waals surface area contributed by atoms with E-state index in [4.69, 9.17) is 14.8 Å². The van der Waals surface area contributed by atoms with Gasteiger partial charge >= 0.3 is 12.0 Å². The minimum atomic E-state index is -1.04. The molecule has 0 saturated carbocycles. The fourth-order valence-electron chi connectivity index (χ4n) is 4.21. The van der Waals surface area contributed by atoms with E-state index in [0.29, 0.717) is 5.82 Å². The number of carbonyl (C=O) groups is 1. The highest BCUT2D eigenvalue weighted by atomic mass is 16.5. The van der Waals surface area contributed by atoms with E-state index in [1.807, 2.05) is 31.2 Å². The summed E-state index contributed by atoms with van der Waals surface area (Å²) < 4.78 is 5.28. The van der Waals surface area contributed by atoms with Gasteiger partial charge in [-0.05, 0) is 43.7 Å². The molecule has 11 heteroatoms. The summed E-state index contributed by atoms with van der Waals surface area (Å²) in [5, 5.41) is 21.2. The number of fused-ring (bicyclic) bond motifs is 4. The Balaban J connectivity index is 1.41. The highest BCUT2D eigenvalue weighted by Crippen LogP contribution is 2.40. The van der Waals surface area contributed by atoms with Crippen molar-refractivity contribution in [3.8, 4) is 17.3 Å². The van der Waals surface area contributed by atoms with Crippen molar-refractivity contribution in [2.24, 2.45) is 0 Å². The minimum absolute atomic E-state index is 0.00770. The summed E-state index contributed by atoms with van der Waals surface area (Å²) in [5.74, 6) is 0.867. The van der Waals surface area contributed by atoms with Crippen LogP contribution in [0.1, 0.15) is 12.1 Å². The summed E-state index contributed by atoms with van der Waals surface area (Å²) in [6, 6.07) is 9.05. The van der Waals surface area contributed by atoms with Gasteiger partial charge in [0.05, 0.1) is 24.0 Å². The Bertz CT molecular complexity index is 1210. The molecule has 5 rings (SSSR count). The van der Waals surface area contributed by atoms with Crippen LogP contribution in [0.25, 0.3) is 11.3 Å². The number of urea groups is 1. The molecule has 0 aromatic carbocycles. The number of amides is 2. The molecule has 176 valence electrons. The molecule has 3 N–H and O–H groups in total. The van der Waals surface area contributed by atoms with E-state index in [-0.39, 0.29) is 30.5 Å². The van der Waals surface area contributed by atoms with Crippen LogP contribution in [0.3, 0.4) is 0 Å². The number of nitrogens with one attached hydrogen (secondary N) is 1. The highest BCUT2D eigenvalue weighted by molar-refractivity contribution is 6.04. The first-order valence-electron chi connectivity index (χ1n) is 11.1. The maximum absolute atomic E-state index is 13.4. The number of hydrogen-bond donors (Lipinski definition) is 3. The molecule has 1 saturated heterocycles. The van der Waals surface area contributed by atoms with Crippen LogP contribution < -0.4 is 19.9 Å². The summed E-state index contributed by atoms with van der Waals surface area (Å²) in [6.45, 7) is 2.93. The maximum atomic E-state index is 13.4. The molecule has 34 heavy (non-hydrogen) atoms. The van der Waals surface area contributed by atoms with E-state index >= 15 is 0 Å². The second-order valence-corrected chi connectivity index (χ2v) is 8.29. The lowest BCUT2D eigenvalue weighted by molar-refractivity contribution is 0.0505. The molecule has 2 aliphatic rings. The Morgan fingerprint density at radius 1 is 1.24 bits per heavy atom. The number of hydrogen-bond acceptors (Lipinski definition) is 9. The van der Waals surface area contributed by atoms with Crippen molar-refractivity contribution in [1.29, 1.82) is 0 Å². The number of aliphatic hydroxyl groups excluding tert-OH is 2. The summed E-state index contributed by atoms with van der Waals surface area (Å²) in [6.07, 6.45) is 3.00. The van der Waals surface area contributed by atoms with Crippen LogP contribution in [-0.2, 0) is 0 Å². The zero-order valence-corrected chi connectivity index (χ0v) is 18.6. The molecule has 5 heterocycles. The Morgan fingerprint density at radius 3 is 2.91 bits per heavy atom. The van der Waals surface area contributed by atoms with E-state index in [2.05, 4.69) is 25.2 Å². The van der Waals surface area contributed by atoms with Crippen molar-refractivity contribution in [1.82, 2.24) is 19.9 Å². The van der Waals surface area contributed by atoms with Gasteiger partial charge in [-0.25, -0.2) is 14.8 Å². The lowest BCUT2D eigenvalue weighted by Gasteiger charge is -2.35. The van der Waals surface area contributed by atoms with Gasteiger partial charge in [0.1, 0.15) is 18.5 Å². The molecule has 0 aliphatic carbocycles. The Morgan fingerprint density at radius 2 is 2.09 bits per heavy atom. The number of rotatable bonds is 6. The first-order chi connectivity index (χ1) is 16.5. The largest absolute Gasteiger partial charge is 0.461 e. The SMILES string of the molecule is Cc1cc(-c2ccc3c(n2)N(C(=O)Nc2ccnc(OC[C@@H](O)CO)n2)[C@H]2CCN3C2)ccn1. The predicted molar refractivity (Wildman–Crippen MR) is 125 cm³/mol. The fraction of sp³-hybridized carbons (Fsp3) is 0.348. The maximum Gasteiger partial charge on any atom is 0.329 e. The van der Waals surface area contributed by atoms with Crippen LogP contribution in [0.5, 0.6) is 6.01 Å². The number of aryl methyl sites for hydroxylation is 1. The number of pyridine rings is 2. The normalized spacial score (nSPS) is 17.3. The number of anilines is 3. The molecule has 11 nitrogen and oxygen atoms in total. The van der Waals surface area contributed by atoms with Crippen molar-refractivity contribution < 1.29 is 19.7 Å². The van der Waals surface area contributed by atoms with Crippen molar-refractivity contribution in [2.75, 3.05) is 41.4 Å². The van der Waals surface area contributed by atoms with Crippen LogP contribution in [0.4, 0.5) is 22.1 Å². The number of carbonyl (C=O) groups excluding carboxylic acids is 1. The molecule has 1 fully saturated rings. The highest BCUT2D eigenvalue weighted by Gasteiger charge is 2.40. The van der Waals surface area contributed by atoms with Crippen LogP contribution in [0, 0.1) is 6.92 Å². The average Bonchev–Trinajstić information content (AvgIpc) is 3.26. The molecule has 0 radical (unpaired) electrons. The molecule has 0 unspecified atom stereocenters. The zero-order valence-electron chi connectivity index (χ0n) is 18.6. The third-order valence-corrected chi connectivity index (χ3v) is 5.85. The summed E-state index contributed by atoms with van der Waals surface area (Å²) in [5.41, 5.74) is 3.52. The Hall–Kier alpha value is -3.83. The van der Waals surface area contributed by atoms with E-state index in [0.717, 1.165) is 42.1 Å². The van der Waals surface area contributed by atoms with E-state index in [9.17, 15) is 9.90 Å². The lowest BCUT2D eigenvalue weighted by Crippen LogP contribution is -2.48. The topological polar surface area (TPSA) is 137 Å². The molecular weight excluding hydrogens is 438 g/mol. The minimum Gasteiger partial charge on any atom is -0.461 e. The van der Waals surface area contributed by atoms with E-state index in [1.54, 1.807) is 17.2 Å². The molecule has 3 aromatic heterocycles. The molecule has 2 aliphatic heterocycles. The molecule has 0 spiro atoms.